The van der Waals surface area contributed by atoms with Crippen LogP contribution in [-0.2, 0) is 22.9 Å². The van der Waals surface area contributed by atoms with E-state index in [9.17, 15) is 8.42 Å². The third-order valence-electron chi connectivity index (χ3n) is 3.54. The van der Waals surface area contributed by atoms with E-state index in [4.69, 9.17) is 0 Å². The van der Waals surface area contributed by atoms with E-state index in [0.29, 0.717) is 6.42 Å². The summed E-state index contributed by atoms with van der Waals surface area (Å²) >= 11 is 0. The van der Waals surface area contributed by atoms with Crippen LogP contribution in [0, 0.1) is 0 Å². The number of aromatic nitrogens is 1. The highest BCUT2D eigenvalue weighted by Gasteiger charge is 2.08. The SMILES string of the molecule is CNS(=O)(=O)CCc1ccc2[nH]c(CCN(C)C)cc2c1.Cl. The Kier molecular flexibility index (Phi) is 6.87. The molecule has 0 atom stereocenters. The number of sulfonamides is 1. The molecule has 0 aliphatic rings. The number of hydrogen-bond donors (Lipinski definition) is 2. The molecule has 0 fully saturated rings. The molecule has 0 aliphatic heterocycles. The predicted molar refractivity (Wildman–Crippen MR) is 94.4 cm³/mol. The van der Waals surface area contributed by atoms with Crippen molar-refractivity contribution in [2.75, 3.05) is 33.4 Å². The van der Waals surface area contributed by atoms with Gasteiger partial charge >= 0.3 is 0 Å². The number of H-pyrrole nitrogens is 1. The van der Waals surface area contributed by atoms with Crippen LogP contribution in [0.15, 0.2) is 24.3 Å². The second kappa shape index (κ2) is 7.97. The van der Waals surface area contributed by atoms with Crippen molar-refractivity contribution in [2.24, 2.45) is 0 Å². The number of hydrogen-bond acceptors (Lipinski definition) is 3. The molecule has 2 N–H and O–H groups in total. The van der Waals surface area contributed by atoms with Gasteiger partial charge in [0, 0.05) is 24.2 Å². The lowest BCUT2D eigenvalue weighted by Crippen LogP contribution is -2.23. The Bertz CT molecular complexity index is 711. The average molecular weight is 346 g/mol. The maximum absolute atomic E-state index is 11.5. The zero-order chi connectivity index (χ0) is 15.5. The molecule has 124 valence electrons. The highest BCUT2D eigenvalue weighted by atomic mass is 35.5. The fraction of sp³-hybridized carbons (Fsp3) is 0.467. The summed E-state index contributed by atoms with van der Waals surface area (Å²) in [4.78, 5) is 5.56. The van der Waals surface area contributed by atoms with E-state index in [1.165, 1.54) is 12.7 Å². The van der Waals surface area contributed by atoms with Gasteiger partial charge in [-0.15, -0.1) is 12.4 Å². The molecule has 0 saturated carbocycles. The molecular formula is C15H24ClN3O2S. The van der Waals surface area contributed by atoms with Crippen LogP contribution in [0.3, 0.4) is 0 Å². The van der Waals surface area contributed by atoms with Crippen LogP contribution in [0.25, 0.3) is 10.9 Å². The molecule has 22 heavy (non-hydrogen) atoms. The molecule has 5 nitrogen and oxygen atoms in total. The minimum absolute atomic E-state index is 0. The number of aromatic amines is 1. The number of nitrogens with one attached hydrogen (secondary N) is 2. The standard InChI is InChI=1S/C15H23N3O2S.ClH/c1-16-21(19,20)9-7-12-4-5-15-13(10-12)11-14(17-15)6-8-18(2)3;/h4-5,10-11,16-17H,6-9H2,1-3H3;1H. The van der Waals surface area contributed by atoms with E-state index in [1.54, 1.807) is 0 Å². The number of fused-ring (bicyclic) bond motifs is 1. The van der Waals surface area contributed by atoms with Gasteiger partial charge < -0.3 is 9.88 Å². The highest BCUT2D eigenvalue weighted by molar-refractivity contribution is 7.89. The summed E-state index contributed by atoms with van der Waals surface area (Å²) in [6, 6.07) is 8.22. The largest absolute Gasteiger partial charge is 0.358 e. The number of aryl methyl sites for hydroxylation is 1. The van der Waals surface area contributed by atoms with Crippen molar-refractivity contribution in [1.29, 1.82) is 0 Å². The van der Waals surface area contributed by atoms with Crippen LogP contribution in [0.2, 0.25) is 0 Å². The van der Waals surface area contributed by atoms with Gasteiger partial charge in [0.05, 0.1) is 5.75 Å². The van der Waals surface area contributed by atoms with Crippen molar-refractivity contribution in [2.45, 2.75) is 12.8 Å². The fourth-order valence-corrected chi connectivity index (χ4v) is 2.94. The third kappa shape index (κ3) is 5.28. The van der Waals surface area contributed by atoms with Gasteiger partial charge in [-0.1, -0.05) is 6.07 Å². The summed E-state index contributed by atoms with van der Waals surface area (Å²) in [6.45, 7) is 1.00. The van der Waals surface area contributed by atoms with Crippen molar-refractivity contribution in [3.8, 4) is 0 Å². The molecule has 0 aliphatic carbocycles. The molecular weight excluding hydrogens is 322 g/mol. The lowest BCUT2D eigenvalue weighted by molar-refractivity contribution is 0.412. The Labute approximate surface area is 138 Å². The van der Waals surface area contributed by atoms with Crippen LogP contribution in [0.4, 0.5) is 0 Å². The number of halogens is 1. The molecule has 1 heterocycles. The van der Waals surface area contributed by atoms with Gasteiger partial charge in [-0.3, -0.25) is 0 Å². The molecule has 0 radical (unpaired) electrons. The lowest BCUT2D eigenvalue weighted by Gasteiger charge is -2.07. The van der Waals surface area contributed by atoms with E-state index in [1.807, 2.05) is 12.1 Å². The van der Waals surface area contributed by atoms with Crippen molar-refractivity contribution in [3.63, 3.8) is 0 Å². The molecule has 0 amide bonds. The van der Waals surface area contributed by atoms with Gasteiger partial charge in [-0.2, -0.15) is 0 Å². The Morgan fingerprint density at radius 1 is 1.18 bits per heavy atom. The molecule has 0 saturated heterocycles. The van der Waals surface area contributed by atoms with E-state index >= 15 is 0 Å². The molecule has 7 heteroatoms. The van der Waals surface area contributed by atoms with E-state index in [2.05, 4.69) is 40.8 Å². The normalized spacial score (nSPS) is 11.8. The van der Waals surface area contributed by atoms with Crippen molar-refractivity contribution in [1.82, 2.24) is 14.6 Å². The van der Waals surface area contributed by atoms with Crippen LogP contribution in [-0.4, -0.2) is 51.7 Å². The average Bonchev–Trinajstić information content (AvgIpc) is 2.85. The van der Waals surface area contributed by atoms with Crippen molar-refractivity contribution < 1.29 is 8.42 Å². The van der Waals surface area contributed by atoms with Crippen LogP contribution in [0.1, 0.15) is 11.3 Å². The molecule has 1 aromatic heterocycles. The zero-order valence-electron chi connectivity index (χ0n) is 13.2. The maximum Gasteiger partial charge on any atom is 0.211 e. The first-order valence-electron chi connectivity index (χ1n) is 7.06. The quantitative estimate of drug-likeness (QED) is 0.804. The van der Waals surface area contributed by atoms with Gasteiger partial charge in [-0.05, 0) is 56.7 Å². The summed E-state index contributed by atoms with van der Waals surface area (Å²) in [5.74, 6) is 0.118. The smallest absolute Gasteiger partial charge is 0.211 e. The summed E-state index contributed by atoms with van der Waals surface area (Å²) in [5.41, 5.74) is 3.35. The van der Waals surface area contributed by atoms with Crippen molar-refractivity contribution >= 4 is 33.3 Å². The minimum Gasteiger partial charge on any atom is -0.358 e. The highest BCUT2D eigenvalue weighted by Crippen LogP contribution is 2.18. The number of nitrogens with zero attached hydrogens (tertiary/aromatic N) is 1. The van der Waals surface area contributed by atoms with E-state index < -0.39 is 10.0 Å². The predicted octanol–water partition coefficient (Wildman–Crippen LogP) is 1.79. The second-order valence-electron chi connectivity index (χ2n) is 5.54. The van der Waals surface area contributed by atoms with Gasteiger partial charge in [-0.25, -0.2) is 13.1 Å². The van der Waals surface area contributed by atoms with Crippen LogP contribution >= 0.6 is 12.4 Å². The second-order valence-corrected chi connectivity index (χ2v) is 7.59. The van der Waals surface area contributed by atoms with Gasteiger partial charge in [0.15, 0.2) is 0 Å². The zero-order valence-corrected chi connectivity index (χ0v) is 14.9. The number of likely N-dealkylation sites (N-methyl/N-ethyl adjacent to an activating group) is 1. The number of benzene rings is 1. The van der Waals surface area contributed by atoms with Crippen molar-refractivity contribution in [3.05, 3.63) is 35.5 Å². The van der Waals surface area contributed by atoms with Crippen LogP contribution < -0.4 is 4.72 Å². The Morgan fingerprint density at radius 2 is 1.91 bits per heavy atom. The monoisotopic (exact) mass is 345 g/mol. The Morgan fingerprint density at radius 3 is 2.55 bits per heavy atom. The molecule has 0 spiro atoms. The van der Waals surface area contributed by atoms with E-state index in [0.717, 1.165) is 29.4 Å². The summed E-state index contributed by atoms with van der Waals surface area (Å²) in [6.07, 6.45) is 1.50. The molecule has 2 rings (SSSR count). The van der Waals surface area contributed by atoms with Gasteiger partial charge in [0.25, 0.3) is 0 Å². The van der Waals surface area contributed by atoms with Gasteiger partial charge in [0.2, 0.25) is 10.0 Å². The third-order valence-corrected chi connectivity index (χ3v) is 4.90. The molecule has 0 unspecified atom stereocenters. The molecule has 0 bridgehead atoms. The lowest BCUT2D eigenvalue weighted by atomic mass is 10.1. The minimum atomic E-state index is -3.15. The molecule has 2 aromatic rings. The fourth-order valence-electron chi connectivity index (χ4n) is 2.23. The van der Waals surface area contributed by atoms with Gasteiger partial charge in [0.1, 0.15) is 0 Å². The number of rotatable bonds is 7. The first-order chi connectivity index (χ1) is 9.89. The summed E-state index contributed by atoms with van der Waals surface area (Å²) < 4.78 is 25.3. The first-order valence-corrected chi connectivity index (χ1v) is 8.71. The van der Waals surface area contributed by atoms with E-state index in [-0.39, 0.29) is 18.2 Å². The summed E-state index contributed by atoms with van der Waals surface area (Å²) in [5, 5.41) is 1.14. The maximum atomic E-state index is 11.5. The van der Waals surface area contributed by atoms with Crippen LogP contribution in [0.5, 0.6) is 0 Å². The topological polar surface area (TPSA) is 65.2 Å². The molecule has 1 aromatic carbocycles. The summed E-state index contributed by atoms with van der Waals surface area (Å²) in [7, 11) is 2.42. The Hall–Kier alpha value is -1.08. The Balaban J connectivity index is 0.00000242. The first kappa shape index (κ1) is 19.0.